The van der Waals surface area contributed by atoms with Crippen LogP contribution in [0.4, 0.5) is 4.79 Å². The van der Waals surface area contributed by atoms with Gasteiger partial charge in [0.2, 0.25) is 5.91 Å². The maximum absolute atomic E-state index is 11.9. The number of nitrogens with one attached hydrogen (secondary N) is 3. The van der Waals surface area contributed by atoms with Gasteiger partial charge in [-0.3, -0.25) is 4.79 Å². The van der Waals surface area contributed by atoms with Crippen molar-refractivity contribution in [3.05, 3.63) is 0 Å². The van der Waals surface area contributed by atoms with Crippen LogP contribution in [0.1, 0.15) is 47.5 Å². The smallest absolute Gasteiger partial charge is 0.409 e. The molecule has 0 aromatic carbocycles. The van der Waals surface area contributed by atoms with Gasteiger partial charge in [-0.05, 0) is 47.5 Å². The number of piperidine rings is 1. The number of hydrogen-bond acceptors (Lipinski definition) is 4. The molecule has 0 aromatic heterocycles. The molecule has 1 aliphatic heterocycles. The average molecular weight is 483 g/mol. The van der Waals surface area contributed by atoms with Crippen LogP contribution in [0.2, 0.25) is 0 Å². The highest BCUT2D eigenvalue weighted by Crippen LogP contribution is 2.11. The summed E-state index contributed by atoms with van der Waals surface area (Å²) < 4.78 is 5.03. The lowest BCUT2D eigenvalue weighted by Crippen LogP contribution is -2.50. The number of aliphatic imine (C=N–C) groups is 1. The van der Waals surface area contributed by atoms with Crippen LogP contribution < -0.4 is 16.0 Å². The van der Waals surface area contributed by atoms with E-state index >= 15 is 0 Å². The van der Waals surface area contributed by atoms with Gasteiger partial charge in [0.1, 0.15) is 6.54 Å². The molecule has 0 bridgehead atoms. The van der Waals surface area contributed by atoms with E-state index in [9.17, 15) is 9.59 Å². The first-order chi connectivity index (χ1) is 11.7. The Balaban J connectivity index is 0.00000625. The Labute approximate surface area is 173 Å². The normalized spacial score (nSPS) is 15.7. The molecule has 0 saturated carbocycles. The van der Waals surface area contributed by atoms with Crippen molar-refractivity contribution in [3.8, 4) is 0 Å². The fraction of sp³-hybridized carbons (Fsp3) is 0.824. The lowest BCUT2D eigenvalue weighted by molar-refractivity contribution is -0.121. The molecule has 3 N–H and O–H groups in total. The molecule has 1 fully saturated rings. The SMILES string of the molecule is CCNC(=NCC(=O)NC(C)(C)C)NC1CCN(C(=O)OCC)CC1.I. The minimum Gasteiger partial charge on any atom is -0.450 e. The number of rotatable bonds is 5. The first-order valence-corrected chi connectivity index (χ1v) is 9.02. The van der Waals surface area contributed by atoms with Crippen LogP contribution in [-0.2, 0) is 9.53 Å². The van der Waals surface area contributed by atoms with Crippen molar-refractivity contribution in [2.45, 2.75) is 59.0 Å². The first-order valence-electron chi connectivity index (χ1n) is 9.02. The van der Waals surface area contributed by atoms with Gasteiger partial charge in [-0.15, -0.1) is 24.0 Å². The minimum absolute atomic E-state index is 0. The number of carbonyl (C=O) groups excluding carboxylic acids is 2. The quantitative estimate of drug-likeness (QED) is 0.315. The van der Waals surface area contributed by atoms with E-state index < -0.39 is 0 Å². The second-order valence-electron chi connectivity index (χ2n) is 7.10. The Morgan fingerprint density at radius 3 is 2.31 bits per heavy atom. The van der Waals surface area contributed by atoms with Crippen molar-refractivity contribution < 1.29 is 14.3 Å². The Morgan fingerprint density at radius 2 is 1.81 bits per heavy atom. The lowest BCUT2D eigenvalue weighted by Gasteiger charge is -2.32. The lowest BCUT2D eigenvalue weighted by atomic mass is 10.1. The first kappa shape index (κ1) is 24.7. The highest BCUT2D eigenvalue weighted by atomic mass is 127. The number of hydrogen-bond donors (Lipinski definition) is 3. The summed E-state index contributed by atoms with van der Waals surface area (Å²) in [6, 6.07) is 0.217. The second kappa shape index (κ2) is 12.2. The van der Waals surface area contributed by atoms with Gasteiger partial charge in [0, 0.05) is 31.2 Å². The van der Waals surface area contributed by atoms with E-state index in [0.29, 0.717) is 32.2 Å². The number of nitrogens with zero attached hydrogens (tertiary/aromatic N) is 2. The van der Waals surface area contributed by atoms with E-state index in [1.165, 1.54) is 0 Å². The molecule has 0 aromatic rings. The van der Waals surface area contributed by atoms with Crippen molar-refractivity contribution in [1.29, 1.82) is 0 Å². The summed E-state index contributed by atoms with van der Waals surface area (Å²) in [7, 11) is 0. The van der Waals surface area contributed by atoms with Crippen LogP contribution >= 0.6 is 24.0 Å². The zero-order valence-corrected chi connectivity index (χ0v) is 18.9. The van der Waals surface area contributed by atoms with Gasteiger partial charge in [-0.2, -0.15) is 0 Å². The molecule has 1 saturated heterocycles. The van der Waals surface area contributed by atoms with Crippen LogP contribution in [-0.4, -0.2) is 67.2 Å². The van der Waals surface area contributed by atoms with Gasteiger partial charge in [0.05, 0.1) is 6.61 Å². The third kappa shape index (κ3) is 10.0. The number of halogens is 1. The highest BCUT2D eigenvalue weighted by molar-refractivity contribution is 14.0. The molecular formula is C17H34IN5O3. The molecule has 0 spiro atoms. The molecule has 0 radical (unpaired) electrons. The van der Waals surface area contributed by atoms with E-state index in [2.05, 4.69) is 20.9 Å². The maximum Gasteiger partial charge on any atom is 0.409 e. The summed E-state index contributed by atoms with van der Waals surface area (Å²) in [6.45, 7) is 12.1. The molecule has 1 rings (SSSR count). The summed E-state index contributed by atoms with van der Waals surface area (Å²) in [6.07, 6.45) is 1.38. The molecule has 1 heterocycles. The second-order valence-corrected chi connectivity index (χ2v) is 7.10. The van der Waals surface area contributed by atoms with Crippen molar-refractivity contribution in [3.63, 3.8) is 0 Å². The van der Waals surface area contributed by atoms with Gasteiger partial charge in [0.15, 0.2) is 5.96 Å². The Bertz CT molecular complexity index is 472. The number of carbonyl (C=O) groups is 2. The van der Waals surface area contributed by atoms with Crippen LogP contribution in [0, 0.1) is 0 Å². The zero-order chi connectivity index (χ0) is 18.9. The molecule has 1 aliphatic rings. The third-order valence-corrected chi connectivity index (χ3v) is 3.60. The molecule has 2 amide bonds. The molecule has 152 valence electrons. The molecule has 0 unspecified atom stereocenters. The summed E-state index contributed by atoms with van der Waals surface area (Å²) in [5, 5.41) is 9.39. The molecule has 9 heteroatoms. The Hall–Kier alpha value is -1.26. The number of amides is 2. The third-order valence-electron chi connectivity index (χ3n) is 3.60. The zero-order valence-electron chi connectivity index (χ0n) is 16.6. The number of ether oxygens (including phenoxy) is 1. The Morgan fingerprint density at radius 1 is 1.19 bits per heavy atom. The molecule has 0 aliphatic carbocycles. The van der Waals surface area contributed by atoms with Gasteiger partial charge in [0.25, 0.3) is 0 Å². The van der Waals surface area contributed by atoms with Crippen LogP contribution in [0.25, 0.3) is 0 Å². The van der Waals surface area contributed by atoms with E-state index in [0.717, 1.165) is 12.8 Å². The maximum atomic E-state index is 11.9. The predicted molar refractivity (Wildman–Crippen MR) is 114 cm³/mol. The monoisotopic (exact) mass is 483 g/mol. The van der Waals surface area contributed by atoms with Crippen LogP contribution in [0.5, 0.6) is 0 Å². The van der Waals surface area contributed by atoms with Crippen molar-refractivity contribution in [2.75, 3.05) is 32.8 Å². The van der Waals surface area contributed by atoms with E-state index in [-0.39, 0.29) is 54.1 Å². The molecular weight excluding hydrogens is 449 g/mol. The van der Waals surface area contributed by atoms with E-state index in [1.807, 2.05) is 27.7 Å². The highest BCUT2D eigenvalue weighted by Gasteiger charge is 2.24. The molecule has 0 atom stereocenters. The van der Waals surface area contributed by atoms with Crippen LogP contribution in [0.3, 0.4) is 0 Å². The summed E-state index contributed by atoms with van der Waals surface area (Å²) in [4.78, 5) is 29.7. The van der Waals surface area contributed by atoms with Crippen molar-refractivity contribution in [1.82, 2.24) is 20.9 Å². The van der Waals surface area contributed by atoms with Crippen molar-refractivity contribution in [2.24, 2.45) is 4.99 Å². The van der Waals surface area contributed by atoms with E-state index in [4.69, 9.17) is 4.74 Å². The number of likely N-dealkylation sites (tertiary alicyclic amines) is 1. The fourth-order valence-electron chi connectivity index (χ4n) is 2.54. The van der Waals surface area contributed by atoms with E-state index in [1.54, 1.807) is 11.8 Å². The molecule has 26 heavy (non-hydrogen) atoms. The average Bonchev–Trinajstić information content (AvgIpc) is 2.52. The van der Waals surface area contributed by atoms with Gasteiger partial charge in [-0.25, -0.2) is 9.79 Å². The summed E-state index contributed by atoms with van der Waals surface area (Å²) in [5.74, 6) is 0.517. The Kier molecular flexibility index (Phi) is 11.6. The summed E-state index contributed by atoms with van der Waals surface area (Å²) >= 11 is 0. The number of guanidine groups is 1. The summed E-state index contributed by atoms with van der Waals surface area (Å²) in [5.41, 5.74) is -0.266. The topological polar surface area (TPSA) is 95.1 Å². The largest absolute Gasteiger partial charge is 0.450 e. The minimum atomic E-state index is -0.266. The predicted octanol–water partition coefficient (Wildman–Crippen LogP) is 1.70. The van der Waals surface area contributed by atoms with Gasteiger partial charge >= 0.3 is 6.09 Å². The molecule has 8 nitrogen and oxygen atoms in total. The van der Waals surface area contributed by atoms with Gasteiger partial charge in [-0.1, -0.05) is 0 Å². The van der Waals surface area contributed by atoms with Crippen molar-refractivity contribution >= 4 is 41.9 Å². The van der Waals surface area contributed by atoms with Crippen LogP contribution in [0.15, 0.2) is 4.99 Å². The standard InChI is InChI=1S/C17H33N5O3.HI/c1-6-18-15(19-12-14(23)21-17(3,4)5)20-13-8-10-22(11-9-13)16(24)25-7-2;/h13H,6-12H2,1-5H3,(H,21,23)(H2,18,19,20);1H. The van der Waals surface area contributed by atoms with Gasteiger partial charge < -0.3 is 25.6 Å². The fourth-order valence-corrected chi connectivity index (χ4v) is 2.54.